The van der Waals surface area contributed by atoms with Crippen molar-refractivity contribution >= 4 is 53.0 Å². The zero-order valence-corrected chi connectivity index (χ0v) is 17.0. The number of halogens is 6. The molecule has 1 heterocycles. The molecule has 0 saturated carbocycles. The molecule has 0 fully saturated rings. The highest BCUT2D eigenvalue weighted by Crippen LogP contribution is 2.31. The summed E-state index contributed by atoms with van der Waals surface area (Å²) in [5.41, 5.74) is 2.39. The molecule has 0 saturated heterocycles. The number of nitrogens with zero attached hydrogens (tertiary/aromatic N) is 3. The lowest BCUT2D eigenvalue weighted by Gasteiger charge is -2.11. The summed E-state index contributed by atoms with van der Waals surface area (Å²) >= 11 is 12.1. The maximum Gasteiger partial charge on any atom is 0.673 e. The molecule has 0 aliphatic rings. The largest absolute Gasteiger partial charge is 0.673 e. The van der Waals surface area contributed by atoms with Crippen LogP contribution in [0.25, 0.3) is 15.9 Å². The number of esters is 1. The van der Waals surface area contributed by atoms with Gasteiger partial charge in [0.2, 0.25) is 5.39 Å². The van der Waals surface area contributed by atoms with Gasteiger partial charge in [0.1, 0.15) is 5.69 Å². The van der Waals surface area contributed by atoms with Gasteiger partial charge in [0.15, 0.2) is 4.98 Å². The van der Waals surface area contributed by atoms with E-state index in [1.807, 2.05) is 16.7 Å². The van der Waals surface area contributed by atoms with Gasteiger partial charge in [-0.2, -0.15) is 0 Å². The molecule has 0 aliphatic carbocycles. The maximum absolute atomic E-state index is 12.4. The van der Waals surface area contributed by atoms with Crippen molar-refractivity contribution in [2.45, 2.75) is 13.5 Å². The predicted octanol–water partition coefficient (Wildman–Crippen LogP) is 6.96. The standard InChI is InChI=1S/C18H14Cl2N3O2.BF4/c1-2-25-18(24)17-9-12-15(22-21)4-3-5-16(12)23(17)10-11-6-7-13(19)14(20)8-11;2-1(3,4)5/h3-9H,2,10H2,1H3;/q+1;-1. The number of ether oxygens (including phenoxy) is 1. The van der Waals surface area contributed by atoms with Gasteiger partial charge in [0.25, 0.3) is 0 Å². The normalized spacial score (nSPS) is 10.9. The number of carbonyl (C=O) groups excluding carboxylic acids is 1. The molecule has 158 valence electrons. The topological polar surface area (TPSA) is 59.4 Å². The quantitative estimate of drug-likeness (QED) is 0.182. The number of hydrogen-bond acceptors (Lipinski definition) is 3. The molecular formula is C18H14BCl2F4N3O2. The van der Waals surface area contributed by atoms with E-state index in [9.17, 15) is 27.5 Å². The summed E-state index contributed by atoms with van der Waals surface area (Å²) in [6.07, 6.45) is 0. The average Bonchev–Trinajstić information content (AvgIpc) is 3.02. The molecule has 0 atom stereocenters. The molecule has 2 aromatic carbocycles. The van der Waals surface area contributed by atoms with Crippen LogP contribution in [0.15, 0.2) is 42.5 Å². The van der Waals surface area contributed by atoms with Crippen LogP contribution in [-0.4, -0.2) is 24.4 Å². The minimum absolute atomic E-state index is 0.268. The van der Waals surface area contributed by atoms with E-state index in [-0.39, 0.29) is 6.61 Å². The summed E-state index contributed by atoms with van der Waals surface area (Å²) in [6, 6.07) is 12.3. The van der Waals surface area contributed by atoms with Crippen LogP contribution in [0.5, 0.6) is 0 Å². The van der Waals surface area contributed by atoms with Crippen LogP contribution >= 0.6 is 23.2 Å². The number of rotatable bonds is 4. The summed E-state index contributed by atoms with van der Waals surface area (Å²) in [7, 11) is -6.00. The SMILES string of the molecule is CCOC(=O)c1cc2c([N+]#N)cccc2n1Cc1ccc(Cl)c(Cl)c1.F[B-](F)(F)F. The van der Waals surface area contributed by atoms with Crippen molar-refractivity contribution in [2.24, 2.45) is 0 Å². The molecule has 0 unspecified atom stereocenters. The molecular weight excluding hydrogens is 448 g/mol. The number of fused-ring (bicyclic) bond motifs is 1. The first-order valence-electron chi connectivity index (χ1n) is 8.50. The molecule has 3 rings (SSSR count). The van der Waals surface area contributed by atoms with E-state index in [0.29, 0.717) is 33.4 Å². The molecule has 30 heavy (non-hydrogen) atoms. The first-order valence-corrected chi connectivity index (χ1v) is 9.26. The van der Waals surface area contributed by atoms with Crippen molar-refractivity contribution in [1.29, 1.82) is 5.39 Å². The Morgan fingerprint density at radius 3 is 2.37 bits per heavy atom. The van der Waals surface area contributed by atoms with E-state index in [1.54, 1.807) is 37.3 Å². The van der Waals surface area contributed by atoms with E-state index in [1.165, 1.54) is 0 Å². The zero-order valence-electron chi connectivity index (χ0n) is 15.5. The summed E-state index contributed by atoms with van der Waals surface area (Å²) in [4.78, 5) is 15.6. The third kappa shape index (κ3) is 6.11. The molecule has 0 radical (unpaired) electrons. The number of diazo groups is 1. The average molecular weight is 462 g/mol. The minimum atomic E-state index is -6.00. The molecule has 3 aromatic rings. The number of hydrogen-bond donors (Lipinski definition) is 0. The molecule has 0 amide bonds. The fourth-order valence-electron chi connectivity index (χ4n) is 2.72. The van der Waals surface area contributed by atoms with Crippen LogP contribution in [0.4, 0.5) is 23.0 Å². The molecule has 0 N–H and O–H groups in total. The lowest BCUT2D eigenvalue weighted by molar-refractivity contribution is 0.0515. The van der Waals surface area contributed by atoms with Crippen molar-refractivity contribution in [3.63, 3.8) is 0 Å². The fourth-order valence-corrected chi connectivity index (χ4v) is 3.04. The molecule has 5 nitrogen and oxygen atoms in total. The van der Waals surface area contributed by atoms with Crippen LogP contribution in [0, 0.1) is 5.39 Å². The second-order valence-corrected chi connectivity index (χ2v) is 6.70. The summed E-state index contributed by atoms with van der Waals surface area (Å²) in [6.45, 7) is 2.41. The van der Waals surface area contributed by atoms with Crippen molar-refractivity contribution in [1.82, 2.24) is 4.57 Å². The van der Waals surface area contributed by atoms with E-state index in [4.69, 9.17) is 27.9 Å². The Bertz CT molecular complexity index is 1110. The third-order valence-electron chi connectivity index (χ3n) is 3.84. The van der Waals surface area contributed by atoms with Gasteiger partial charge in [0.05, 0.1) is 27.6 Å². The smallest absolute Gasteiger partial charge is 0.461 e. The number of benzene rings is 2. The Morgan fingerprint density at radius 2 is 1.80 bits per heavy atom. The first-order chi connectivity index (χ1) is 14.0. The van der Waals surface area contributed by atoms with Gasteiger partial charge >= 0.3 is 18.9 Å². The maximum atomic E-state index is 12.4. The van der Waals surface area contributed by atoms with Crippen LogP contribution < -0.4 is 0 Å². The molecule has 12 heteroatoms. The predicted molar refractivity (Wildman–Crippen MR) is 108 cm³/mol. The Hall–Kier alpha value is -2.77. The minimum Gasteiger partial charge on any atom is -0.461 e. The van der Waals surface area contributed by atoms with Crippen LogP contribution in [0.2, 0.25) is 10.0 Å². The Morgan fingerprint density at radius 1 is 1.13 bits per heavy atom. The van der Waals surface area contributed by atoms with Crippen molar-refractivity contribution < 1.29 is 26.8 Å². The summed E-state index contributed by atoms with van der Waals surface area (Å²) in [5, 5.41) is 10.8. The lowest BCUT2D eigenvalue weighted by atomic mass is 10.2. The van der Waals surface area contributed by atoms with Gasteiger partial charge in [-0.1, -0.05) is 35.3 Å². The first kappa shape index (κ1) is 23.5. The van der Waals surface area contributed by atoms with Crippen molar-refractivity contribution in [2.75, 3.05) is 6.61 Å². The highest BCUT2D eigenvalue weighted by molar-refractivity contribution is 6.50. The van der Waals surface area contributed by atoms with Crippen LogP contribution in [0.1, 0.15) is 23.0 Å². The third-order valence-corrected chi connectivity index (χ3v) is 4.58. The van der Waals surface area contributed by atoms with Crippen molar-refractivity contribution in [3.8, 4) is 0 Å². The summed E-state index contributed by atoms with van der Waals surface area (Å²) in [5.74, 6) is -0.442. The Kier molecular flexibility index (Phi) is 7.70. The lowest BCUT2D eigenvalue weighted by Crippen LogP contribution is -2.12. The number of aromatic nitrogens is 1. The zero-order chi connectivity index (χ0) is 22.5. The van der Waals surface area contributed by atoms with Crippen molar-refractivity contribution in [3.05, 3.63) is 68.7 Å². The van der Waals surface area contributed by atoms with Crippen LogP contribution in [0.3, 0.4) is 0 Å². The van der Waals surface area contributed by atoms with Crippen LogP contribution in [-0.2, 0) is 11.3 Å². The second kappa shape index (κ2) is 9.83. The molecule has 1 aromatic heterocycles. The molecule has 0 bridgehead atoms. The fraction of sp³-hybridized carbons (Fsp3) is 0.167. The number of carbonyl (C=O) groups is 1. The van der Waals surface area contributed by atoms with Gasteiger partial charge in [-0.3, -0.25) is 0 Å². The van der Waals surface area contributed by atoms with Gasteiger partial charge < -0.3 is 26.6 Å². The highest BCUT2D eigenvalue weighted by atomic mass is 35.5. The second-order valence-electron chi connectivity index (χ2n) is 5.89. The van der Waals surface area contributed by atoms with E-state index in [0.717, 1.165) is 11.1 Å². The molecule has 0 spiro atoms. The van der Waals surface area contributed by atoms with E-state index >= 15 is 0 Å². The Labute approximate surface area is 178 Å². The summed E-state index contributed by atoms with van der Waals surface area (Å²) < 4.78 is 46.0. The van der Waals surface area contributed by atoms with E-state index < -0.39 is 13.2 Å². The monoisotopic (exact) mass is 461 g/mol. The van der Waals surface area contributed by atoms with Gasteiger partial charge in [-0.15, -0.1) is 0 Å². The van der Waals surface area contributed by atoms with Gasteiger partial charge in [-0.05, 0) is 36.8 Å². The van der Waals surface area contributed by atoms with Gasteiger partial charge in [0, 0.05) is 12.6 Å². The van der Waals surface area contributed by atoms with E-state index in [2.05, 4.69) is 4.98 Å². The Balaban J connectivity index is 0.000000575. The van der Waals surface area contributed by atoms with Gasteiger partial charge in [-0.25, -0.2) is 4.79 Å². The molecule has 0 aliphatic heterocycles. The highest BCUT2D eigenvalue weighted by Gasteiger charge is 2.22.